The molecule has 0 spiro atoms. The SMILES string of the molecule is C[C@@H]1C[C@H](O)c2ncnc(N3CCN(C(O)[C@@H](c4ccc(Cl)cc4)[C@@H]4COCCN4C)CC3)c21. The van der Waals surface area contributed by atoms with Crippen LogP contribution < -0.4 is 4.90 Å². The van der Waals surface area contributed by atoms with Crippen molar-refractivity contribution in [3.63, 3.8) is 0 Å². The van der Waals surface area contributed by atoms with Crippen LogP contribution in [0.25, 0.3) is 0 Å². The molecule has 1 aromatic carbocycles. The molecule has 2 saturated heterocycles. The first-order chi connectivity index (χ1) is 16.4. The first-order valence-corrected chi connectivity index (χ1v) is 12.5. The molecule has 0 radical (unpaired) electrons. The molecule has 1 aromatic heterocycles. The predicted molar refractivity (Wildman–Crippen MR) is 131 cm³/mol. The molecule has 8 nitrogen and oxygen atoms in total. The molecule has 1 unspecified atom stereocenters. The Kier molecular flexibility index (Phi) is 7.07. The summed E-state index contributed by atoms with van der Waals surface area (Å²) in [6.07, 6.45) is 1.10. The van der Waals surface area contributed by atoms with Gasteiger partial charge in [-0.25, -0.2) is 9.97 Å². The summed E-state index contributed by atoms with van der Waals surface area (Å²) in [5.41, 5.74) is 2.91. The van der Waals surface area contributed by atoms with Crippen molar-refractivity contribution in [1.82, 2.24) is 19.8 Å². The molecule has 0 bridgehead atoms. The maximum atomic E-state index is 11.6. The van der Waals surface area contributed by atoms with Crippen molar-refractivity contribution in [2.24, 2.45) is 0 Å². The van der Waals surface area contributed by atoms with E-state index in [4.69, 9.17) is 16.3 Å². The highest BCUT2D eigenvalue weighted by atomic mass is 35.5. The van der Waals surface area contributed by atoms with Crippen molar-refractivity contribution in [1.29, 1.82) is 0 Å². The van der Waals surface area contributed by atoms with Crippen LogP contribution in [-0.4, -0.2) is 95.2 Å². The Bertz CT molecular complexity index is 985. The van der Waals surface area contributed by atoms with E-state index in [0.717, 1.165) is 55.4 Å². The van der Waals surface area contributed by atoms with E-state index in [0.29, 0.717) is 24.7 Å². The third kappa shape index (κ3) is 4.55. The van der Waals surface area contributed by atoms with E-state index in [2.05, 4.69) is 38.6 Å². The van der Waals surface area contributed by atoms with Gasteiger partial charge in [-0.05, 0) is 37.1 Å². The van der Waals surface area contributed by atoms with Crippen molar-refractivity contribution in [2.75, 3.05) is 57.9 Å². The Morgan fingerprint density at radius 1 is 1.09 bits per heavy atom. The number of aromatic nitrogens is 2. The van der Waals surface area contributed by atoms with E-state index in [1.165, 1.54) is 0 Å². The topological polar surface area (TPSA) is 85.2 Å². The van der Waals surface area contributed by atoms with Crippen LogP contribution in [0.3, 0.4) is 0 Å². The number of likely N-dealkylation sites (N-methyl/N-ethyl adjacent to an activating group) is 1. The van der Waals surface area contributed by atoms with Gasteiger partial charge in [-0.15, -0.1) is 0 Å². The molecule has 0 saturated carbocycles. The number of halogens is 1. The number of benzene rings is 1. The van der Waals surface area contributed by atoms with Crippen molar-refractivity contribution in [3.05, 3.63) is 52.4 Å². The minimum absolute atomic E-state index is 0.0791. The number of hydrogen-bond acceptors (Lipinski definition) is 8. The third-order valence-electron chi connectivity index (χ3n) is 7.70. The monoisotopic (exact) mass is 487 g/mol. The summed E-state index contributed by atoms with van der Waals surface area (Å²) in [6.45, 7) is 7.23. The zero-order valence-electron chi connectivity index (χ0n) is 19.8. The standard InChI is InChI=1S/C25H34ClN5O3/c1-16-13-20(32)23-21(16)24(28-15-27-23)30-7-9-31(10-8-30)25(33)22(17-3-5-18(26)6-4-17)19-14-34-12-11-29(19)2/h3-6,15-16,19-20,22,25,32-33H,7-14H2,1-2H3/t16-,19+,20+,22+,25?/m1/s1. The van der Waals surface area contributed by atoms with E-state index < -0.39 is 12.3 Å². The molecule has 3 heterocycles. The molecule has 2 fully saturated rings. The fourth-order valence-electron chi connectivity index (χ4n) is 5.74. The summed E-state index contributed by atoms with van der Waals surface area (Å²) >= 11 is 6.15. The Hall–Kier alpha value is -1.81. The summed E-state index contributed by atoms with van der Waals surface area (Å²) in [5.74, 6) is 1.05. The Balaban J connectivity index is 1.34. The number of aliphatic hydroxyl groups is 2. The van der Waals surface area contributed by atoms with Crippen LogP contribution in [0.5, 0.6) is 0 Å². The fourth-order valence-corrected chi connectivity index (χ4v) is 5.87. The predicted octanol–water partition coefficient (Wildman–Crippen LogP) is 2.23. The van der Waals surface area contributed by atoms with Crippen LogP contribution in [-0.2, 0) is 4.74 Å². The lowest BCUT2D eigenvalue weighted by atomic mass is 9.87. The van der Waals surface area contributed by atoms with Crippen LogP contribution in [0.1, 0.15) is 48.1 Å². The van der Waals surface area contributed by atoms with Crippen molar-refractivity contribution >= 4 is 17.4 Å². The van der Waals surface area contributed by atoms with Gasteiger partial charge in [-0.3, -0.25) is 9.80 Å². The molecule has 3 aliphatic rings. The highest BCUT2D eigenvalue weighted by molar-refractivity contribution is 6.30. The number of morpholine rings is 1. The largest absolute Gasteiger partial charge is 0.387 e. The number of nitrogens with zero attached hydrogens (tertiary/aromatic N) is 5. The summed E-state index contributed by atoms with van der Waals surface area (Å²) in [6, 6.07) is 7.90. The molecule has 2 aliphatic heterocycles. The summed E-state index contributed by atoms with van der Waals surface area (Å²) < 4.78 is 5.81. The molecule has 9 heteroatoms. The normalized spacial score (nSPS) is 28.0. The smallest absolute Gasteiger partial charge is 0.135 e. The molecular formula is C25H34ClN5O3. The van der Waals surface area contributed by atoms with Gasteiger partial charge in [-0.1, -0.05) is 30.7 Å². The van der Waals surface area contributed by atoms with Gasteiger partial charge in [0.25, 0.3) is 0 Å². The zero-order valence-corrected chi connectivity index (χ0v) is 20.6. The van der Waals surface area contributed by atoms with Gasteiger partial charge < -0.3 is 19.8 Å². The first kappa shape index (κ1) is 23.9. The highest BCUT2D eigenvalue weighted by Gasteiger charge is 2.39. The number of anilines is 1. The molecule has 2 N–H and O–H groups in total. The molecule has 34 heavy (non-hydrogen) atoms. The Labute approximate surface area is 206 Å². The summed E-state index contributed by atoms with van der Waals surface area (Å²) in [4.78, 5) is 15.7. The van der Waals surface area contributed by atoms with E-state index in [9.17, 15) is 10.2 Å². The van der Waals surface area contributed by atoms with Gasteiger partial charge >= 0.3 is 0 Å². The molecule has 1 aliphatic carbocycles. The zero-order chi connectivity index (χ0) is 23.8. The van der Waals surface area contributed by atoms with Crippen molar-refractivity contribution in [2.45, 2.75) is 43.6 Å². The lowest BCUT2D eigenvalue weighted by molar-refractivity contribution is -0.0735. The second-order valence-corrected chi connectivity index (χ2v) is 10.2. The van der Waals surface area contributed by atoms with Gasteiger partial charge in [0.05, 0.1) is 25.0 Å². The van der Waals surface area contributed by atoms with Gasteiger partial charge in [0.1, 0.15) is 18.4 Å². The number of hydrogen-bond donors (Lipinski definition) is 2. The molecule has 5 atom stereocenters. The maximum Gasteiger partial charge on any atom is 0.135 e. The van der Waals surface area contributed by atoms with E-state index in [-0.39, 0.29) is 17.9 Å². The lowest BCUT2D eigenvalue weighted by Crippen LogP contribution is -2.57. The minimum atomic E-state index is -0.644. The number of fused-ring (bicyclic) bond motifs is 1. The molecule has 2 aromatic rings. The first-order valence-electron chi connectivity index (χ1n) is 12.2. The van der Waals surface area contributed by atoms with E-state index in [1.807, 2.05) is 24.3 Å². The number of piperazine rings is 1. The molecule has 184 valence electrons. The average molecular weight is 488 g/mol. The van der Waals surface area contributed by atoms with E-state index in [1.54, 1.807) is 6.33 Å². The van der Waals surface area contributed by atoms with E-state index >= 15 is 0 Å². The van der Waals surface area contributed by atoms with Crippen LogP contribution in [0.4, 0.5) is 5.82 Å². The fraction of sp³-hybridized carbons (Fsp3) is 0.600. The van der Waals surface area contributed by atoms with Crippen LogP contribution >= 0.6 is 11.6 Å². The second-order valence-electron chi connectivity index (χ2n) is 9.79. The number of rotatable bonds is 5. The van der Waals surface area contributed by atoms with Gasteiger partial charge in [0.15, 0.2) is 0 Å². The number of aliphatic hydroxyl groups excluding tert-OH is 2. The molecular weight excluding hydrogens is 454 g/mol. The second kappa shape index (κ2) is 10.0. The van der Waals surface area contributed by atoms with Gasteiger partial charge in [0.2, 0.25) is 0 Å². The lowest BCUT2D eigenvalue weighted by Gasteiger charge is -2.45. The van der Waals surface area contributed by atoms with Gasteiger partial charge in [-0.2, -0.15) is 0 Å². The Morgan fingerprint density at radius 3 is 2.53 bits per heavy atom. The quantitative estimate of drug-likeness (QED) is 0.664. The third-order valence-corrected chi connectivity index (χ3v) is 7.95. The summed E-state index contributed by atoms with van der Waals surface area (Å²) in [5, 5.41) is 22.7. The van der Waals surface area contributed by atoms with Crippen molar-refractivity contribution < 1.29 is 14.9 Å². The van der Waals surface area contributed by atoms with Crippen molar-refractivity contribution in [3.8, 4) is 0 Å². The maximum absolute atomic E-state index is 11.6. The molecule has 5 rings (SSSR count). The minimum Gasteiger partial charge on any atom is -0.387 e. The highest BCUT2D eigenvalue weighted by Crippen LogP contribution is 2.43. The summed E-state index contributed by atoms with van der Waals surface area (Å²) in [7, 11) is 2.10. The molecule has 0 amide bonds. The Morgan fingerprint density at radius 2 is 1.82 bits per heavy atom. The van der Waals surface area contributed by atoms with Gasteiger partial charge in [0, 0.05) is 55.3 Å². The van der Waals surface area contributed by atoms with Crippen LogP contribution in [0.15, 0.2) is 30.6 Å². The average Bonchev–Trinajstić information content (AvgIpc) is 3.15. The van der Waals surface area contributed by atoms with Crippen LogP contribution in [0.2, 0.25) is 5.02 Å². The number of ether oxygens (including phenoxy) is 1. The van der Waals surface area contributed by atoms with Crippen LogP contribution in [0, 0.1) is 0 Å².